The Hall–Kier alpha value is -3.60. The lowest BCUT2D eigenvalue weighted by Crippen LogP contribution is -2.40. The summed E-state index contributed by atoms with van der Waals surface area (Å²) in [5.41, 5.74) is 1.11. The number of likely N-dealkylation sites (tertiary alicyclic amines) is 1. The van der Waals surface area contributed by atoms with Gasteiger partial charge in [0.2, 0.25) is 5.88 Å². The maximum atomic E-state index is 14.1. The van der Waals surface area contributed by atoms with Crippen molar-refractivity contribution < 1.29 is 27.9 Å². The minimum absolute atomic E-state index is 0.0875. The molecule has 0 N–H and O–H groups in total. The predicted octanol–water partition coefficient (Wildman–Crippen LogP) is 4.48. The van der Waals surface area contributed by atoms with Crippen molar-refractivity contribution in [1.82, 2.24) is 14.9 Å². The van der Waals surface area contributed by atoms with Gasteiger partial charge in [-0.15, -0.1) is 11.3 Å². The Labute approximate surface area is 210 Å². The maximum Gasteiger partial charge on any atom is 0.260 e. The highest BCUT2D eigenvalue weighted by molar-refractivity contribution is 7.10. The molecule has 3 aromatic rings. The number of hydrogen-bond donors (Lipinski definition) is 0. The van der Waals surface area contributed by atoms with Crippen LogP contribution < -0.4 is 9.47 Å². The molecule has 0 bridgehead atoms. The summed E-state index contributed by atoms with van der Waals surface area (Å²) >= 11 is 1.52. The lowest BCUT2D eigenvalue weighted by atomic mass is 9.97. The van der Waals surface area contributed by atoms with Gasteiger partial charge in [-0.3, -0.25) is 4.79 Å². The molecule has 1 atom stereocenters. The van der Waals surface area contributed by atoms with E-state index in [1.807, 2.05) is 5.38 Å². The van der Waals surface area contributed by atoms with E-state index in [4.69, 9.17) is 19.3 Å². The van der Waals surface area contributed by atoms with Crippen LogP contribution in [-0.2, 0) is 9.63 Å². The summed E-state index contributed by atoms with van der Waals surface area (Å²) in [6, 6.07) is 7.08. The smallest absolute Gasteiger partial charge is 0.260 e. The van der Waals surface area contributed by atoms with Gasteiger partial charge in [0.1, 0.15) is 23.1 Å². The average molecular weight is 515 g/mol. The fourth-order valence-electron chi connectivity index (χ4n) is 4.31. The number of methoxy groups -OCH3 is 1. The minimum Gasteiger partial charge on any atom is -0.497 e. The number of halogens is 2. The van der Waals surface area contributed by atoms with Gasteiger partial charge in [0.05, 0.1) is 23.4 Å². The number of rotatable bonds is 7. The van der Waals surface area contributed by atoms with E-state index in [1.165, 1.54) is 29.5 Å². The number of carbonyl (C=O) groups excluding carboxylic acids is 1. The van der Waals surface area contributed by atoms with Crippen LogP contribution in [0, 0.1) is 11.6 Å². The number of carbonyl (C=O) groups is 1. The molecule has 1 unspecified atom stereocenters. The van der Waals surface area contributed by atoms with Gasteiger partial charge in [-0.05, 0) is 31.0 Å². The van der Waals surface area contributed by atoms with Crippen LogP contribution in [0.1, 0.15) is 47.5 Å². The van der Waals surface area contributed by atoms with E-state index in [1.54, 1.807) is 30.3 Å². The van der Waals surface area contributed by atoms with E-state index in [0.29, 0.717) is 36.1 Å². The predicted molar refractivity (Wildman–Crippen MR) is 128 cm³/mol. The van der Waals surface area contributed by atoms with Gasteiger partial charge in [-0.1, -0.05) is 11.2 Å². The van der Waals surface area contributed by atoms with Gasteiger partial charge in [0, 0.05) is 43.1 Å². The monoisotopic (exact) mass is 514 g/mol. The van der Waals surface area contributed by atoms with E-state index < -0.39 is 17.7 Å². The van der Waals surface area contributed by atoms with Crippen molar-refractivity contribution in [1.29, 1.82) is 0 Å². The molecule has 2 aliphatic heterocycles. The number of benzene rings is 1. The van der Waals surface area contributed by atoms with Crippen molar-refractivity contribution in [3.63, 3.8) is 0 Å². The first kappa shape index (κ1) is 24.1. The molecule has 1 fully saturated rings. The van der Waals surface area contributed by atoms with Gasteiger partial charge in [-0.2, -0.15) is 0 Å². The third-order valence-corrected chi connectivity index (χ3v) is 7.30. The summed E-state index contributed by atoms with van der Waals surface area (Å²) in [7, 11) is 1.55. The van der Waals surface area contributed by atoms with Gasteiger partial charge < -0.3 is 19.2 Å². The molecule has 5 rings (SSSR count). The van der Waals surface area contributed by atoms with Crippen molar-refractivity contribution in [2.45, 2.75) is 31.3 Å². The molecule has 8 nitrogen and oxygen atoms in total. The number of piperidine rings is 1. The van der Waals surface area contributed by atoms with Crippen LogP contribution in [0.5, 0.6) is 11.6 Å². The molecule has 4 heterocycles. The molecular weight excluding hydrogens is 490 g/mol. The fourth-order valence-corrected chi connectivity index (χ4v) is 5.31. The Balaban J connectivity index is 1.13. The van der Waals surface area contributed by atoms with E-state index in [9.17, 15) is 13.6 Å². The van der Waals surface area contributed by atoms with E-state index in [-0.39, 0.29) is 30.4 Å². The minimum atomic E-state index is -0.810. The Morgan fingerprint density at radius 2 is 2.00 bits per heavy atom. The number of thiazole rings is 1. The topological polar surface area (TPSA) is 86.1 Å². The third-order valence-electron chi connectivity index (χ3n) is 6.29. The third kappa shape index (κ3) is 5.15. The number of aromatic nitrogens is 2. The highest BCUT2D eigenvalue weighted by Crippen LogP contribution is 2.35. The summed E-state index contributed by atoms with van der Waals surface area (Å²) in [5.74, 6) is -0.227. The Morgan fingerprint density at radius 1 is 1.22 bits per heavy atom. The molecule has 2 aliphatic rings. The molecule has 188 valence electrons. The zero-order valence-electron chi connectivity index (χ0n) is 19.5. The summed E-state index contributed by atoms with van der Waals surface area (Å²) in [4.78, 5) is 28.5. The Bertz CT molecular complexity index is 1260. The summed E-state index contributed by atoms with van der Waals surface area (Å²) < 4.78 is 38.9. The van der Waals surface area contributed by atoms with Crippen LogP contribution in [0.2, 0.25) is 0 Å². The lowest BCUT2D eigenvalue weighted by Gasteiger charge is -2.31. The van der Waals surface area contributed by atoms with Crippen molar-refractivity contribution in [2.75, 3.05) is 26.8 Å². The van der Waals surface area contributed by atoms with Crippen molar-refractivity contribution >= 4 is 23.0 Å². The van der Waals surface area contributed by atoms with E-state index >= 15 is 0 Å². The number of pyridine rings is 1. The highest BCUT2D eigenvalue weighted by Gasteiger charge is 2.31. The second kappa shape index (κ2) is 10.6. The molecule has 1 aromatic carbocycles. The van der Waals surface area contributed by atoms with Crippen molar-refractivity contribution in [2.24, 2.45) is 5.16 Å². The maximum absolute atomic E-state index is 14.1. The molecule has 36 heavy (non-hydrogen) atoms. The fraction of sp³-hybridized carbons (Fsp3) is 0.360. The number of oxime groups is 1. The standard InChI is InChI=1S/C25H24F2N4O4S/c1-33-16-5-8-28-22(11-16)34-13-23(32)31-9-6-15(7-10-31)25-29-20(14-36-25)19-12-21(35-30-19)24-17(26)3-2-4-18(24)27/h2-5,8,11,14-15,21H,6-7,9-10,12-13H2,1H3. The molecule has 0 aliphatic carbocycles. The van der Waals surface area contributed by atoms with Crippen LogP contribution in [0.25, 0.3) is 0 Å². The molecule has 0 radical (unpaired) electrons. The molecule has 2 aromatic heterocycles. The molecule has 0 saturated carbocycles. The molecule has 11 heteroatoms. The first-order valence-electron chi connectivity index (χ1n) is 11.5. The van der Waals surface area contributed by atoms with Gasteiger partial charge in [0.15, 0.2) is 12.7 Å². The van der Waals surface area contributed by atoms with Gasteiger partial charge >= 0.3 is 0 Å². The van der Waals surface area contributed by atoms with Crippen molar-refractivity contribution in [3.8, 4) is 11.6 Å². The van der Waals surface area contributed by atoms with Crippen LogP contribution in [0.4, 0.5) is 8.78 Å². The van der Waals surface area contributed by atoms with Crippen molar-refractivity contribution in [3.05, 3.63) is 69.8 Å². The number of amides is 1. The van der Waals surface area contributed by atoms with Crippen LogP contribution in [0.15, 0.2) is 47.1 Å². The largest absolute Gasteiger partial charge is 0.497 e. The number of nitrogens with zero attached hydrogens (tertiary/aromatic N) is 4. The van der Waals surface area contributed by atoms with Crippen LogP contribution >= 0.6 is 11.3 Å². The zero-order chi connectivity index (χ0) is 25.1. The normalized spacial score (nSPS) is 18.0. The average Bonchev–Trinajstić information content (AvgIpc) is 3.58. The first-order valence-corrected chi connectivity index (χ1v) is 12.4. The van der Waals surface area contributed by atoms with E-state index in [2.05, 4.69) is 10.1 Å². The number of hydrogen-bond acceptors (Lipinski definition) is 8. The van der Waals surface area contributed by atoms with Gasteiger partial charge in [-0.25, -0.2) is 18.7 Å². The van der Waals surface area contributed by atoms with Crippen LogP contribution in [-0.4, -0.2) is 53.3 Å². The summed E-state index contributed by atoms with van der Waals surface area (Å²) in [6.45, 7) is 1.12. The van der Waals surface area contributed by atoms with Crippen LogP contribution in [0.3, 0.4) is 0 Å². The molecule has 1 amide bonds. The second-order valence-corrected chi connectivity index (χ2v) is 9.41. The zero-order valence-corrected chi connectivity index (χ0v) is 20.3. The first-order chi connectivity index (χ1) is 17.5. The molecular formula is C25H24F2N4O4S. The Kier molecular flexibility index (Phi) is 7.08. The highest BCUT2D eigenvalue weighted by atomic mass is 32.1. The SMILES string of the molecule is COc1ccnc(OCC(=O)N2CCC(c3nc(C4=NOC(c5c(F)cccc5F)C4)cs3)CC2)c1. The van der Waals surface area contributed by atoms with E-state index in [0.717, 1.165) is 17.8 Å². The molecule has 1 saturated heterocycles. The summed E-state index contributed by atoms with van der Waals surface area (Å²) in [5, 5.41) is 6.89. The molecule has 0 spiro atoms. The quantitative estimate of drug-likeness (QED) is 0.462. The second-order valence-electron chi connectivity index (χ2n) is 8.52. The lowest BCUT2D eigenvalue weighted by molar-refractivity contribution is -0.134. The van der Waals surface area contributed by atoms with Gasteiger partial charge in [0.25, 0.3) is 5.91 Å². The number of ether oxygens (including phenoxy) is 2. The summed E-state index contributed by atoms with van der Waals surface area (Å²) in [6.07, 6.45) is 2.56. The Morgan fingerprint density at radius 3 is 2.75 bits per heavy atom.